The molecule has 3 unspecified atom stereocenters. The Morgan fingerprint density at radius 1 is 1.18 bits per heavy atom. The number of primary amides is 1. The number of carbonyl (C=O) groups excluding carboxylic acids is 2. The predicted molar refractivity (Wildman–Crippen MR) is 137 cm³/mol. The summed E-state index contributed by atoms with van der Waals surface area (Å²) in [7, 11) is -3.31. The fourth-order valence-electron chi connectivity index (χ4n) is 7.02. The molecule has 4 saturated carbocycles. The number of nitrogens with one attached hydrogen (secondary N) is 1. The third-order valence-electron chi connectivity index (χ3n) is 8.20. The number of nitrogens with two attached hydrogens (primary N) is 1. The molecule has 1 aromatic rings. The van der Waals surface area contributed by atoms with Crippen LogP contribution in [0.15, 0.2) is 24.3 Å². The van der Waals surface area contributed by atoms with E-state index in [0.29, 0.717) is 19.0 Å². The van der Waals surface area contributed by atoms with Gasteiger partial charge in [0.05, 0.1) is 12.2 Å². The quantitative estimate of drug-likeness (QED) is 0.392. The Morgan fingerprint density at radius 3 is 2.48 bits per heavy atom. The van der Waals surface area contributed by atoms with Crippen molar-refractivity contribution in [1.29, 1.82) is 0 Å². The molecular weight excluding hydrogens is 555 g/mol. The molecule has 33 heavy (non-hydrogen) atoms. The van der Waals surface area contributed by atoms with Crippen LogP contribution in [0, 0.1) is 32.7 Å². The molecule has 1 aromatic carbocycles. The van der Waals surface area contributed by atoms with Crippen molar-refractivity contribution in [3.63, 3.8) is 0 Å². The van der Waals surface area contributed by atoms with Gasteiger partial charge in [-0.25, -0.2) is 0 Å². The first-order valence-electron chi connectivity index (χ1n) is 11.7. The first-order chi connectivity index (χ1) is 15.6. The van der Waals surface area contributed by atoms with Gasteiger partial charge in [0, 0.05) is 28.1 Å². The molecule has 6 rings (SSSR count). The molecule has 0 radical (unpaired) electrons. The standard InChI is InChI=1S/C23H33IN4O4S/c1-14-11-27(33(31,32)28(12-14)19-5-3-2-4-18(19)24)13-20(29)26-21-16-6-15-7-17(21)10-23(8-15,9-16)22(25)30/h2-5,14-17,21,31-32H,6-13H2,1H3,(H2,25,30)(H,26,29). The molecular formula is C23H33IN4O4S. The molecule has 0 aromatic heterocycles. The molecule has 2 amide bonds. The van der Waals surface area contributed by atoms with Gasteiger partial charge in [-0.15, -0.1) is 0 Å². The Hall–Kier alpha value is -1.08. The van der Waals surface area contributed by atoms with Gasteiger partial charge in [-0.05, 0) is 101 Å². The van der Waals surface area contributed by atoms with Crippen LogP contribution in [0.25, 0.3) is 0 Å². The molecule has 3 atom stereocenters. The predicted octanol–water partition coefficient (Wildman–Crippen LogP) is 3.43. The van der Waals surface area contributed by atoms with Crippen molar-refractivity contribution in [3.8, 4) is 0 Å². The van der Waals surface area contributed by atoms with Crippen LogP contribution >= 0.6 is 33.6 Å². The van der Waals surface area contributed by atoms with E-state index in [1.807, 2.05) is 24.3 Å². The van der Waals surface area contributed by atoms with Crippen LogP contribution in [0.5, 0.6) is 0 Å². The van der Waals surface area contributed by atoms with Crippen molar-refractivity contribution in [2.75, 3.05) is 23.9 Å². The van der Waals surface area contributed by atoms with Gasteiger partial charge in [-0.2, -0.15) is 4.31 Å². The van der Waals surface area contributed by atoms with Crippen LogP contribution in [-0.2, 0) is 9.59 Å². The first kappa shape index (κ1) is 23.7. The van der Waals surface area contributed by atoms with Crippen molar-refractivity contribution >= 4 is 51.1 Å². The fraction of sp³-hybridized carbons (Fsp3) is 0.652. The zero-order valence-electron chi connectivity index (χ0n) is 18.8. The minimum Gasteiger partial charge on any atom is -0.369 e. The Balaban J connectivity index is 1.29. The Kier molecular flexibility index (Phi) is 6.12. The lowest BCUT2D eigenvalue weighted by Gasteiger charge is -2.59. The number of rotatable bonds is 5. The maximum Gasteiger partial charge on any atom is 0.236 e. The summed E-state index contributed by atoms with van der Waals surface area (Å²) in [6, 6.07) is 7.66. The monoisotopic (exact) mass is 588 g/mol. The molecule has 5 aliphatic rings. The molecule has 8 nitrogen and oxygen atoms in total. The second-order valence-electron chi connectivity index (χ2n) is 10.6. The van der Waals surface area contributed by atoms with Gasteiger partial charge in [0.1, 0.15) is 0 Å². The molecule has 10 heteroatoms. The largest absolute Gasteiger partial charge is 0.369 e. The van der Waals surface area contributed by atoms with Gasteiger partial charge in [0.25, 0.3) is 0 Å². The summed E-state index contributed by atoms with van der Waals surface area (Å²) in [5, 5.41) is 3.22. The Morgan fingerprint density at radius 2 is 1.85 bits per heavy atom. The summed E-state index contributed by atoms with van der Waals surface area (Å²) in [4.78, 5) is 25.3. The maximum absolute atomic E-state index is 13.1. The van der Waals surface area contributed by atoms with E-state index in [-0.39, 0.29) is 47.6 Å². The van der Waals surface area contributed by atoms with E-state index in [1.54, 1.807) is 4.31 Å². The van der Waals surface area contributed by atoms with E-state index in [2.05, 4.69) is 34.8 Å². The second-order valence-corrected chi connectivity index (χ2v) is 13.7. The highest BCUT2D eigenvalue weighted by Crippen LogP contribution is 2.60. The number of halogens is 1. The number of nitrogens with zero attached hydrogens (tertiary/aromatic N) is 2. The lowest BCUT2D eigenvalue weighted by atomic mass is 9.47. The number of carbonyl (C=O) groups is 2. The van der Waals surface area contributed by atoms with Gasteiger partial charge in [0.2, 0.25) is 11.8 Å². The molecule has 5 fully saturated rings. The van der Waals surface area contributed by atoms with Gasteiger partial charge in [0.15, 0.2) is 0 Å². The molecule has 4 aliphatic carbocycles. The SMILES string of the molecule is CC1CN(CC(=O)NC2C3CC4CC2CC(C(N)=O)(C4)C3)S(O)(O)N(c2ccccc2I)C1. The highest BCUT2D eigenvalue weighted by molar-refractivity contribution is 14.1. The highest BCUT2D eigenvalue weighted by atomic mass is 127. The van der Waals surface area contributed by atoms with Crippen LogP contribution in [0.2, 0.25) is 0 Å². The number of anilines is 1. The molecule has 182 valence electrons. The summed E-state index contributed by atoms with van der Waals surface area (Å²) < 4.78 is 26.5. The van der Waals surface area contributed by atoms with E-state index in [4.69, 9.17) is 5.73 Å². The van der Waals surface area contributed by atoms with Gasteiger partial charge >= 0.3 is 0 Å². The first-order valence-corrected chi connectivity index (χ1v) is 14.3. The lowest BCUT2D eigenvalue weighted by Crippen LogP contribution is -2.63. The van der Waals surface area contributed by atoms with Gasteiger partial charge in [-0.3, -0.25) is 23.0 Å². The van der Waals surface area contributed by atoms with E-state index < -0.39 is 11.0 Å². The Labute approximate surface area is 210 Å². The van der Waals surface area contributed by atoms with Gasteiger partial charge < -0.3 is 11.1 Å². The number of hydrogen-bond acceptors (Lipinski definition) is 6. The summed E-state index contributed by atoms with van der Waals surface area (Å²) in [5.41, 5.74) is 6.17. The zero-order chi connectivity index (χ0) is 23.5. The highest BCUT2D eigenvalue weighted by Gasteiger charge is 2.58. The molecule has 1 heterocycles. The number of amides is 2. The summed E-state index contributed by atoms with van der Waals surface area (Å²) >= 11 is 2.20. The van der Waals surface area contributed by atoms with Crippen molar-refractivity contribution in [3.05, 3.63) is 27.8 Å². The van der Waals surface area contributed by atoms with E-state index >= 15 is 0 Å². The molecule has 1 saturated heterocycles. The number of para-hydroxylation sites is 1. The van der Waals surface area contributed by atoms with E-state index in [9.17, 15) is 18.7 Å². The molecule has 0 spiro atoms. The third kappa shape index (κ3) is 4.15. The van der Waals surface area contributed by atoms with Crippen molar-refractivity contribution in [1.82, 2.24) is 9.62 Å². The van der Waals surface area contributed by atoms with E-state index in [1.165, 1.54) is 4.31 Å². The molecule has 4 bridgehead atoms. The number of hydrogen-bond donors (Lipinski definition) is 4. The second kappa shape index (κ2) is 8.54. The maximum atomic E-state index is 13.1. The van der Waals surface area contributed by atoms with Crippen molar-refractivity contribution < 1.29 is 18.7 Å². The molecule has 1 aliphatic heterocycles. The normalized spacial score (nSPS) is 38.2. The summed E-state index contributed by atoms with van der Waals surface area (Å²) in [6.07, 6.45) is 4.49. The fourth-order valence-corrected chi connectivity index (χ4v) is 9.76. The minimum atomic E-state index is -3.31. The average Bonchev–Trinajstić information content (AvgIpc) is 2.73. The van der Waals surface area contributed by atoms with E-state index in [0.717, 1.165) is 41.4 Å². The average molecular weight is 589 g/mol. The molecule has 5 N–H and O–H groups in total. The third-order valence-corrected chi connectivity index (χ3v) is 11.0. The summed E-state index contributed by atoms with van der Waals surface area (Å²) in [5.74, 6) is 0.882. The number of benzene rings is 1. The smallest absolute Gasteiger partial charge is 0.236 e. The van der Waals surface area contributed by atoms with Crippen LogP contribution in [0.4, 0.5) is 5.69 Å². The van der Waals surface area contributed by atoms with Crippen LogP contribution in [0.1, 0.15) is 39.0 Å². The zero-order valence-corrected chi connectivity index (χ0v) is 21.8. The lowest BCUT2D eigenvalue weighted by molar-refractivity contribution is -0.147. The van der Waals surface area contributed by atoms with Gasteiger partial charge in [-0.1, -0.05) is 19.1 Å². The Bertz CT molecular complexity index is 946. The van der Waals surface area contributed by atoms with Crippen LogP contribution < -0.4 is 15.4 Å². The topological polar surface area (TPSA) is 119 Å². The summed E-state index contributed by atoms with van der Waals surface area (Å²) in [6.45, 7) is 2.96. The van der Waals surface area contributed by atoms with Crippen molar-refractivity contribution in [2.24, 2.45) is 34.8 Å². The minimum absolute atomic E-state index is 0.0386. The van der Waals surface area contributed by atoms with Crippen LogP contribution in [-0.4, -0.2) is 50.9 Å². The van der Waals surface area contributed by atoms with Crippen LogP contribution in [0.3, 0.4) is 0 Å². The van der Waals surface area contributed by atoms with Crippen molar-refractivity contribution in [2.45, 2.75) is 45.1 Å².